The average molecular weight is 234 g/mol. The van der Waals surface area contributed by atoms with Crippen LogP contribution < -0.4 is 0 Å². The Balaban J connectivity index is 2.08. The van der Waals surface area contributed by atoms with Gasteiger partial charge in [0.2, 0.25) is 5.79 Å². The van der Waals surface area contributed by atoms with E-state index in [1.165, 1.54) is 0 Å². The maximum atomic E-state index is 5.74. The summed E-state index contributed by atoms with van der Waals surface area (Å²) >= 11 is 0. The maximum Gasteiger partial charge on any atom is 0.225 e. The monoisotopic (exact) mass is 234 g/mol. The first-order chi connectivity index (χ1) is 8.14. The molecule has 1 aromatic heterocycles. The molecular weight excluding hydrogens is 216 g/mol. The number of rotatable bonds is 4. The Kier molecular flexibility index (Phi) is 3.50. The van der Waals surface area contributed by atoms with Gasteiger partial charge in [0.25, 0.3) is 0 Å². The van der Waals surface area contributed by atoms with Crippen LogP contribution in [-0.2, 0) is 21.7 Å². The smallest absolute Gasteiger partial charge is 0.225 e. The van der Waals surface area contributed by atoms with Crippen molar-refractivity contribution in [3.63, 3.8) is 0 Å². The fourth-order valence-corrected chi connectivity index (χ4v) is 1.73. The van der Waals surface area contributed by atoms with Crippen molar-refractivity contribution in [2.45, 2.75) is 26.1 Å². The molecule has 1 aliphatic rings. The summed E-state index contributed by atoms with van der Waals surface area (Å²) in [6.07, 6.45) is 4.66. The largest absolute Gasteiger partial charge is 0.460 e. The molecule has 2 heterocycles. The van der Waals surface area contributed by atoms with E-state index < -0.39 is 5.79 Å². The van der Waals surface area contributed by atoms with Crippen molar-refractivity contribution in [3.8, 4) is 0 Å². The number of ether oxygens (including phenoxy) is 2. The molecule has 3 nitrogen and oxygen atoms in total. The molecule has 0 amide bonds. The van der Waals surface area contributed by atoms with Crippen LogP contribution in [0.4, 0.5) is 0 Å². The summed E-state index contributed by atoms with van der Waals surface area (Å²) in [6, 6.07) is 3.87. The summed E-state index contributed by atoms with van der Waals surface area (Å²) in [5.74, 6) is 0.923. The van der Waals surface area contributed by atoms with Crippen LogP contribution in [-0.4, -0.2) is 13.2 Å². The molecule has 0 bridgehead atoms. The van der Waals surface area contributed by atoms with Gasteiger partial charge in [0.15, 0.2) is 5.76 Å². The predicted molar refractivity (Wildman–Crippen MR) is 65.6 cm³/mol. The second-order valence-corrected chi connectivity index (χ2v) is 4.26. The Hall–Kier alpha value is -1.32. The minimum atomic E-state index is -0.713. The lowest BCUT2D eigenvalue weighted by molar-refractivity contribution is -0.163. The van der Waals surface area contributed by atoms with Crippen LogP contribution in [0.2, 0.25) is 0 Å². The molecule has 0 N–H and O–H groups in total. The van der Waals surface area contributed by atoms with Crippen molar-refractivity contribution < 1.29 is 13.9 Å². The lowest BCUT2D eigenvalue weighted by Gasteiger charge is -2.18. The van der Waals surface area contributed by atoms with Gasteiger partial charge in [-0.15, -0.1) is 0 Å². The Bertz CT molecular complexity index is 422. The van der Waals surface area contributed by atoms with Gasteiger partial charge in [-0.3, -0.25) is 0 Å². The van der Waals surface area contributed by atoms with Crippen LogP contribution >= 0.6 is 0 Å². The van der Waals surface area contributed by atoms with E-state index in [-0.39, 0.29) is 0 Å². The quantitative estimate of drug-likeness (QED) is 0.750. The van der Waals surface area contributed by atoms with Crippen LogP contribution in [0, 0.1) is 0 Å². The van der Waals surface area contributed by atoms with Gasteiger partial charge in [-0.1, -0.05) is 24.3 Å². The summed E-state index contributed by atoms with van der Waals surface area (Å²) in [4.78, 5) is 0. The van der Waals surface area contributed by atoms with Crippen molar-refractivity contribution in [1.29, 1.82) is 0 Å². The molecule has 0 unspecified atom stereocenters. The minimum Gasteiger partial charge on any atom is -0.460 e. The summed E-state index contributed by atoms with van der Waals surface area (Å²) in [6.45, 7) is 8.84. The zero-order valence-corrected chi connectivity index (χ0v) is 10.4. The lowest BCUT2D eigenvalue weighted by Crippen LogP contribution is -2.21. The number of hydrogen-bond donors (Lipinski definition) is 0. The molecular formula is C14H18O3. The molecule has 0 spiro atoms. The second-order valence-electron chi connectivity index (χ2n) is 4.26. The molecule has 17 heavy (non-hydrogen) atoms. The number of hydrogen-bond acceptors (Lipinski definition) is 3. The summed E-state index contributed by atoms with van der Waals surface area (Å²) in [5.41, 5.74) is 1.14. The second kappa shape index (κ2) is 4.90. The fourth-order valence-electron chi connectivity index (χ4n) is 1.73. The molecule has 1 aromatic rings. The lowest BCUT2D eigenvalue weighted by atomic mass is 10.2. The highest BCUT2D eigenvalue weighted by Gasteiger charge is 2.36. The first kappa shape index (κ1) is 12.1. The third-order valence-electron chi connectivity index (χ3n) is 2.89. The van der Waals surface area contributed by atoms with Gasteiger partial charge < -0.3 is 13.9 Å². The van der Waals surface area contributed by atoms with Crippen LogP contribution in [0.1, 0.15) is 25.4 Å². The standard InChI is InChI=1S/C14H18O3/c1-4-11(2)5-6-12-7-8-13(17-12)14(3)15-9-10-16-14/h4-5,7-8H,1,6,9-10H2,2-3H3/b11-5+. The predicted octanol–water partition coefficient (Wildman–Crippen LogP) is 3.17. The molecule has 0 aromatic carbocycles. The first-order valence-electron chi connectivity index (χ1n) is 5.80. The van der Waals surface area contributed by atoms with E-state index in [1.807, 2.05) is 32.1 Å². The van der Waals surface area contributed by atoms with E-state index in [1.54, 1.807) is 0 Å². The van der Waals surface area contributed by atoms with Crippen LogP contribution in [0.15, 0.2) is 40.9 Å². The zero-order chi connectivity index (χ0) is 12.3. The van der Waals surface area contributed by atoms with Gasteiger partial charge in [-0.05, 0) is 26.0 Å². The molecule has 0 atom stereocenters. The van der Waals surface area contributed by atoms with Crippen molar-refractivity contribution in [2.24, 2.45) is 0 Å². The Morgan fingerprint density at radius 1 is 1.41 bits per heavy atom. The van der Waals surface area contributed by atoms with Crippen molar-refractivity contribution in [2.75, 3.05) is 13.2 Å². The topological polar surface area (TPSA) is 31.6 Å². The van der Waals surface area contributed by atoms with E-state index in [0.717, 1.165) is 23.5 Å². The third-order valence-corrected chi connectivity index (χ3v) is 2.89. The first-order valence-corrected chi connectivity index (χ1v) is 5.80. The van der Waals surface area contributed by atoms with Gasteiger partial charge in [0.05, 0.1) is 13.2 Å². The average Bonchev–Trinajstić information content (AvgIpc) is 2.95. The molecule has 3 heteroatoms. The van der Waals surface area contributed by atoms with Crippen molar-refractivity contribution in [3.05, 3.63) is 48.0 Å². The maximum absolute atomic E-state index is 5.74. The molecule has 0 saturated carbocycles. The Morgan fingerprint density at radius 3 is 2.76 bits per heavy atom. The van der Waals surface area contributed by atoms with E-state index in [9.17, 15) is 0 Å². The van der Waals surface area contributed by atoms with E-state index in [0.29, 0.717) is 13.2 Å². The summed E-state index contributed by atoms with van der Waals surface area (Å²) in [7, 11) is 0. The molecule has 92 valence electrons. The molecule has 1 aliphatic heterocycles. The van der Waals surface area contributed by atoms with E-state index in [2.05, 4.69) is 12.7 Å². The van der Waals surface area contributed by atoms with E-state index in [4.69, 9.17) is 13.9 Å². The highest BCUT2D eigenvalue weighted by atomic mass is 16.7. The van der Waals surface area contributed by atoms with Gasteiger partial charge in [-0.25, -0.2) is 0 Å². The van der Waals surface area contributed by atoms with Gasteiger partial charge >= 0.3 is 0 Å². The number of furan rings is 1. The van der Waals surface area contributed by atoms with Gasteiger partial charge in [0.1, 0.15) is 5.76 Å². The Morgan fingerprint density at radius 2 is 2.12 bits per heavy atom. The van der Waals surface area contributed by atoms with Crippen molar-refractivity contribution in [1.82, 2.24) is 0 Å². The Labute approximate surface area is 102 Å². The van der Waals surface area contributed by atoms with Crippen molar-refractivity contribution >= 4 is 0 Å². The summed E-state index contributed by atoms with van der Waals surface area (Å²) in [5, 5.41) is 0. The summed E-state index contributed by atoms with van der Waals surface area (Å²) < 4.78 is 16.8. The SMILES string of the molecule is C=C/C(C)=C/Cc1ccc(C2(C)OCCO2)o1. The van der Waals surface area contributed by atoms with Crippen LogP contribution in [0.25, 0.3) is 0 Å². The van der Waals surface area contributed by atoms with Crippen LogP contribution in [0.3, 0.4) is 0 Å². The molecule has 2 rings (SSSR count). The fraction of sp³-hybridized carbons (Fsp3) is 0.429. The molecule has 0 aliphatic carbocycles. The highest BCUT2D eigenvalue weighted by molar-refractivity contribution is 5.18. The third kappa shape index (κ3) is 2.68. The highest BCUT2D eigenvalue weighted by Crippen LogP contribution is 2.32. The van der Waals surface area contributed by atoms with E-state index >= 15 is 0 Å². The zero-order valence-electron chi connectivity index (χ0n) is 10.4. The number of allylic oxidation sites excluding steroid dienone is 3. The normalized spacial score (nSPS) is 19.5. The molecule has 0 radical (unpaired) electrons. The van der Waals surface area contributed by atoms with Gasteiger partial charge in [0, 0.05) is 6.42 Å². The minimum absolute atomic E-state index is 0.613. The molecule has 1 fully saturated rings. The molecule has 1 saturated heterocycles. The van der Waals surface area contributed by atoms with Crippen LogP contribution in [0.5, 0.6) is 0 Å². The van der Waals surface area contributed by atoms with Gasteiger partial charge in [-0.2, -0.15) is 0 Å².